The van der Waals surface area contributed by atoms with Crippen LogP contribution in [0.25, 0.3) is 0 Å². The molecule has 0 fully saturated rings. The summed E-state index contributed by atoms with van der Waals surface area (Å²) in [5, 5.41) is 0. The van der Waals surface area contributed by atoms with Gasteiger partial charge in [0, 0.05) is 32.2 Å². The number of rotatable bonds is 8. The second-order valence-corrected chi connectivity index (χ2v) is 6.82. The van der Waals surface area contributed by atoms with Gasteiger partial charge in [0.05, 0.1) is 6.54 Å². The van der Waals surface area contributed by atoms with Crippen LogP contribution in [-0.2, 0) is 11.3 Å². The Morgan fingerprint density at radius 2 is 1.64 bits per heavy atom. The fourth-order valence-corrected chi connectivity index (χ4v) is 2.52. The lowest BCUT2D eigenvalue weighted by Gasteiger charge is -2.28. The SMILES string of the molecule is CC(C)CN(CC(=O)N(C)Cc1ccccc1F)CC(C)C. The molecule has 0 aliphatic carbocycles. The number of carbonyl (C=O) groups excluding carboxylic acids is 1. The van der Waals surface area contributed by atoms with Gasteiger partial charge in [-0.2, -0.15) is 0 Å². The Bertz CT molecular complexity index is 464. The van der Waals surface area contributed by atoms with Gasteiger partial charge in [-0.05, 0) is 17.9 Å². The highest BCUT2D eigenvalue weighted by atomic mass is 19.1. The van der Waals surface area contributed by atoms with E-state index in [4.69, 9.17) is 0 Å². The molecule has 0 spiro atoms. The van der Waals surface area contributed by atoms with E-state index in [2.05, 4.69) is 32.6 Å². The zero-order valence-corrected chi connectivity index (χ0v) is 14.5. The summed E-state index contributed by atoms with van der Waals surface area (Å²) in [5.74, 6) is 0.805. The molecule has 0 unspecified atom stereocenters. The maximum Gasteiger partial charge on any atom is 0.236 e. The summed E-state index contributed by atoms with van der Waals surface area (Å²) >= 11 is 0. The number of hydrogen-bond acceptors (Lipinski definition) is 2. The van der Waals surface area contributed by atoms with E-state index < -0.39 is 0 Å². The fraction of sp³-hybridized carbons (Fsp3) is 0.611. The van der Waals surface area contributed by atoms with E-state index in [1.165, 1.54) is 6.07 Å². The molecule has 4 heteroatoms. The molecule has 0 N–H and O–H groups in total. The maximum atomic E-state index is 13.7. The Hall–Kier alpha value is -1.42. The third kappa shape index (κ3) is 6.56. The van der Waals surface area contributed by atoms with Crippen LogP contribution >= 0.6 is 0 Å². The van der Waals surface area contributed by atoms with Crippen LogP contribution in [-0.4, -0.2) is 42.4 Å². The highest BCUT2D eigenvalue weighted by Crippen LogP contribution is 2.10. The van der Waals surface area contributed by atoms with Crippen molar-refractivity contribution in [3.63, 3.8) is 0 Å². The van der Waals surface area contributed by atoms with Gasteiger partial charge in [0.2, 0.25) is 5.91 Å². The van der Waals surface area contributed by atoms with E-state index in [0.717, 1.165) is 13.1 Å². The van der Waals surface area contributed by atoms with Gasteiger partial charge in [-0.25, -0.2) is 4.39 Å². The van der Waals surface area contributed by atoms with Crippen molar-refractivity contribution in [3.8, 4) is 0 Å². The summed E-state index contributed by atoms with van der Waals surface area (Å²) in [6.07, 6.45) is 0. The molecule has 1 aromatic carbocycles. The van der Waals surface area contributed by atoms with Crippen LogP contribution in [0.1, 0.15) is 33.3 Å². The van der Waals surface area contributed by atoms with E-state index in [0.29, 0.717) is 30.5 Å². The first-order valence-electron chi connectivity index (χ1n) is 7.99. The number of carbonyl (C=O) groups is 1. The number of hydrogen-bond donors (Lipinski definition) is 0. The predicted molar refractivity (Wildman–Crippen MR) is 89.0 cm³/mol. The van der Waals surface area contributed by atoms with E-state index in [1.54, 1.807) is 30.1 Å². The van der Waals surface area contributed by atoms with Gasteiger partial charge in [0.1, 0.15) is 5.82 Å². The van der Waals surface area contributed by atoms with Gasteiger partial charge in [0.25, 0.3) is 0 Å². The van der Waals surface area contributed by atoms with Crippen molar-refractivity contribution in [2.75, 3.05) is 26.7 Å². The first kappa shape index (κ1) is 18.6. The predicted octanol–water partition coefficient (Wildman–Crippen LogP) is 3.40. The fourth-order valence-electron chi connectivity index (χ4n) is 2.52. The average Bonchev–Trinajstić information content (AvgIpc) is 2.39. The van der Waals surface area contributed by atoms with Gasteiger partial charge in [0.15, 0.2) is 0 Å². The number of benzene rings is 1. The molecule has 0 aliphatic rings. The molecule has 1 amide bonds. The molecule has 0 radical (unpaired) electrons. The summed E-state index contributed by atoms with van der Waals surface area (Å²) in [4.78, 5) is 16.2. The lowest BCUT2D eigenvalue weighted by molar-refractivity contribution is -0.131. The molecular weight excluding hydrogens is 279 g/mol. The molecule has 0 aromatic heterocycles. The maximum absolute atomic E-state index is 13.7. The monoisotopic (exact) mass is 308 g/mol. The second-order valence-electron chi connectivity index (χ2n) is 6.82. The molecule has 0 saturated carbocycles. The molecule has 124 valence electrons. The first-order valence-corrected chi connectivity index (χ1v) is 7.99. The van der Waals surface area contributed by atoms with Crippen LogP contribution in [0.15, 0.2) is 24.3 Å². The lowest BCUT2D eigenvalue weighted by Crippen LogP contribution is -2.41. The molecule has 0 bridgehead atoms. The Kier molecular flexibility index (Phi) is 7.52. The van der Waals surface area contributed by atoms with Crippen molar-refractivity contribution in [3.05, 3.63) is 35.6 Å². The third-order valence-electron chi connectivity index (χ3n) is 3.40. The number of amides is 1. The van der Waals surface area contributed by atoms with Crippen molar-refractivity contribution in [1.29, 1.82) is 0 Å². The molecule has 0 heterocycles. The first-order chi connectivity index (χ1) is 10.3. The summed E-state index contributed by atoms with van der Waals surface area (Å²) < 4.78 is 13.7. The van der Waals surface area contributed by atoms with Crippen LogP contribution in [0.4, 0.5) is 4.39 Å². The molecule has 1 aromatic rings. The lowest BCUT2D eigenvalue weighted by atomic mass is 10.1. The minimum absolute atomic E-state index is 0.0320. The summed E-state index contributed by atoms with van der Waals surface area (Å²) in [5.41, 5.74) is 0.553. The van der Waals surface area contributed by atoms with Crippen molar-refractivity contribution >= 4 is 5.91 Å². The van der Waals surface area contributed by atoms with E-state index in [9.17, 15) is 9.18 Å². The summed E-state index contributed by atoms with van der Waals surface area (Å²) in [6, 6.07) is 6.60. The smallest absolute Gasteiger partial charge is 0.236 e. The molecule has 1 rings (SSSR count). The zero-order valence-electron chi connectivity index (χ0n) is 14.5. The number of halogens is 1. The Morgan fingerprint density at radius 1 is 1.09 bits per heavy atom. The van der Waals surface area contributed by atoms with E-state index in [-0.39, 0.29) is 11.7 Å². The highest BCUT2D eigenvalue weighted by Gasteiger charge is 2.17. The molecule has 0 aliphatic heterocycles. The Morgan fingerprint density at radius 3 is 2.14 bits per heavy atom. The van der Waals surface area contributed by atoms with Crippen LogP contribution in [0, 0.1) is 17.7 Å². The number of likely N-dealkylation sites (N-methyl/N-ethyl adjacent to an activating group) is 1. The van der Waals surface area contributed by atoms with Crippen molar-refractivity contribution in [1.82, 2.24) is 9.80 Å². The van der Waals surface area contributed by atoms with Crippen LogP contribution in [0.2, 0.25) is 0 Å². The van der Waals surface area contributed by atoms with Crippen LogP contribution in [0.5, 0.6) is 0 Å². The molecule has 3 nitrogen and oxygen atoms in total. The minimum Gasteiger partial charge on any atom is -0.340 e. The molecule has 0 saturated heterocycles. The minimum atomic E-state index is -0.261. The van der Waals surface area contributed by atoms with Crippen molar-refractivity contribution in [2.24, 2.45) is 11.8 Å². The standard InChI is InChI=1S/C18H29FN2O/c1-14(2)10-21(11-15(3)4)13-18(22)20(5)12-16-8-6-7-9-17(16)19/h6-9,14-15H,10-13H2,1-5H3. The topological polar surface area (TPSA) is 23.6 Å². The molecular formula is C18H29FN2O. The van der Waals surface area contributed by atoms with Gasteiger partial charge in [-0.1, -0.05) is 45.9 Å². The molecule has 0 atom stereocenters. The third-order valence-corrected chi connectivity index (χ3v) is 3.40. The number of nitrogens with zero attached hydrogens (tertiary/aromatic N) is 2. The van der Waals surface area contributed by atoms with Crippen LogP contribution < -0.4 is 0 Å². The normalized spacial score (nSPS) is 11.5. The van der Waals surface area contributed by atoms with E-state index >= 15 is 0 Å². The van der Waals surface area contributed by atoms with Crippen LogP contribution in [0.3, 0.4) is 0 Å². The Balaban J connectivity index is 2.62. The average molecular weight is 308 g/mol. The summed E-state index contributed by atoms with van der Waals surface area (Å²) in [6.45, 7) is 11.1. The molecule has 22 heavy (non-hydrogen) atoms. The van der Waals surface area contributed by atoms with E-state index in [1.807, 2.05) is 0 Å². The summed E-state index contributed by atoms with van der Waals surface area (Å²) in [7, 11) is 1.73. The van der Waals surface area contributed by atoms with Gasteiger partial charge in [-0.3, -0.25) is 9.69 Å². The quantitative estimate of drug-likeness (QED) is 0.735. The largest absolute Gasteiger partial charge is 0.340 e. The van der Waals surface area contributed by atoms with Gasteiger partial charge >= 0.3 is 0 Å². The highest BCUT2D eigenvalue weighted by molar-refractivity contribution is 5.78. The van der Waals surface area contributed by atoms with Gasteiger partial charge < -0.3 is 4.90 Å². The van der Waals surface area contributed by atoms with Gasteiger partial charge in [-0.15, -0.1) is 0 Å². The Labute approximate surface area is 134 Å². The zero-order chi connectivity index (χ0) is 16.7. The van der Waals surface area contributed by atoms with Crippen molar-refractivity contribution < 1.29 is 9.18 Å². The second kappa shape index (κ2) is 8.89. The van der Waals surface area contributed by atoms with Crippen molar-refractivity contribution in [2.45, 2.75) is 34.2 Å².